The minimum Gasteiger partial charge on any atom is -0.383 e. The van der Waals surface area contributed by atoms with E-state index >= 15 is 0 Å². The van der Waals surface area contributed by atoms with Gasteiger partial charge in [0, 0.05) is 36.2 Å². The van der Waals surface area contributed by atoms with E-state index in [9.17, 15) is 19.7 Å². The van der Waals surface area contributed by atoms with E-state index in [1.54, 1.807) is 7.11 Å². The minimum absolute atomic E-state index is 0.0821. The van der Waals surface area contributed by atoms with Gasteiger partial charge in [-0.2, -0.15) is 0 Å². The van der Waals surface area contributed by atoms with Gasteiger partial charge in [-0.3, -0.25) is 19.7 Å². The maximum absolute atomic E-state index is 12.7. The highest BCUT2D eigenvalue weighted by atomic mass is 32.1. The number of hydrogen-bond acceptors (Lipinski definition) is 6. The van der Waals surface area contributed by atoms with Crippen LogP contribution in [0.4, 0.5) is 10.7 Å². The lowest BCUT2D eigenvalue weighted by molar-refractivity contribution is -0.384. The summed E-state index contributed by atoms with van der Waals surface area (Å²) in [6.07, 6.45) is 3.78. The van der Waals surface area contributed by atoms with Crippen LogP contribution in [0.2, 0.25) is 0 Å². The van der Waals surface area contributed by atoms with Gasteiger partial charge in [0.15, 0.2) is 0 Å². The molecule has 3 rings (SSSR count). The Hall–Kier alpha value is -2.78. The van der Waals surface area contributed by atoms with Crippen LogP contribution >= 0.6 is 11.3 Å². The van der Waals surface area contributed by atoms with Crippen LogP contribution in [0.1, 0.15) is 44.0 Å². The molecule has 0 fully saturated rings. The number of nitro groups is 1. The highest BCUT2D eigenvalue weighted by Gasteiger charge is 2.26. The Morgan fingerprint density at radius 2 is 1.89 bits per heavy atom. The molecule has 1 aromatic carbocycles. The van der Waals surface area contributed by atoms with Crippen molar-refractivity contribution < 1.29 is 19.2 Å². The molecule has 0 aliphatic heterocycles. The molecule has 0 unspecified atom stereocenters. The summed E-state index contributed by atoms with van der Waals surface area (Å²) in [6.45, 7) is 0.790. The summed E-state index contributed by atoms with van der Waals surface area (Å²) >= 11 is 1.43. The minimum atomic E-state index is -0.516. The van der Waals surface area contributed by atoms with Gasteiger partial charge in [-0.1, -0.05) is 0 Å². The van der Waals surface area contributed by atoms with E-state index in [2.05, 4.69) is 10.6 Å². The molecule has 0 spiro atoms. The van der Waals surface area contributed by atoms with Crippen LogP contribution in [0, 0.1) is 10.1 Å². The molecule has 8 nitrogen and oxygen atoms in total. The van der Waals surface area contributed by atoms with Gasteiger partial charge in [0.25, 0.3) is 17.5 Å². The molecule has 0 saturated heterocycles. The third kappa shape index (κ3) is 4.37. The molecule has 1 heterocycles. The van der Waals surface area contributed by atoms with E-state index in [4.69, 9.17) is 4.74 Å². The van der Waals surface area contributed by atoms with Crippen LogP contribution in [-0.4, -0.2) is 37.0 Å². The van der Waals surface area contributed by atoms with Crippen molar-refractivity contribution in [2.75, 3.05) is 25.6 Å². The van der Waals surface area contributed by atoms with Gasteiger partial charge in [0.05, 0.1) is 17.1 Å². The van der Waals surface area contributed by atoms with Gasteiger partial charge >= 0.3 is 0 Å². The molecule has 0 atom stereocenters. The maximum atomic E-state index is 12.7. The van der Waals surface area contributed by atoms with Crippen molar-refractivity contribution in [3.63, 3.8) is 0 Å². The van der Waals surface area contributed by atoms with E-state index in [-0.39, 0.29) is 11.6 Å². The summed E-state index contributed by atoms with van der Waals surface area (Å²) in [6, 6.07) is 5.37. The average molecular weight is 403 g/mol. The Balaban J connectivity index is 1.84. The number of rotatable bonds is 7. The van der Waals surface area contributed by atoms with Gasteiger partial charge in [0.1, 0.15) is 5.00 Å². The Labute approximate surface area is 166 Å². The van der Waals surface area contributed by atoms with Crippen LogP contribution in [0.15, 0.2) is 24.3 Å². The Bertz CT molecular complexity index is 892. The van der Waals surface area contributed by atoms with Crippen molar-refractivity contribution in [3.05, 3.63) is 55.9 Å². The number of nitrogens with zero attached hydrogens (tertiary/aromatic N) is 1. The van der Waals surface area contributed by atoms with Gasteiger partial charge in [-0.15, -0.1) is 11.3 Å². The molecule has 9 heteroatoms. The average Bonchev–Trinajstić information content (AvgIpc) is 3.06. The zero-order valence-corrected chi connectivity index (χ0v) is 16.3. The Kier molecular flexibility index (Phi) is 6.37. The highest BCUT2D eigenvalue weighted by Crippen LogP contribution is 2.38. The molecule has 2 aromatic rings. The van der Waals surface area contributed by atoms with Crippen LogP contribution in [-0.2, 0) is 17.6 Å². The Morgan fingerprint density at radius 1 is 1.18 bits per heavy atom. The molecule has 2 amide bonds. The number of carbonyl (C=O) groups excluding carboxylic acids is 2. The number of methoxy groups -OCH3 is 1. The fourth-order valence-electron chi connectivity index (χ4n) is 3.16. The molecule has 148 valence electrons. The predicted molar refractivity (Wildman–Crippen MR) is 106 cm³/mol. The topological polar surface area (TPSA) is 111 Å². The predicted octanol–water partition coefficient (Wildman–Crippen LogP) is 3.16. The zero-order chi connectivity index (χ0) is 20.1. The molecule has 0 radical (unpaired) electrons. The number of aryl methyl sites for hydroxylation is 1. The number of nitro benzene ring substituents is 1. The van der Waals surface area contributed by atoms with E-state index in [1.807, 2.05) is 0 Å². The first-order valence-electron chi connectivity index (χ1n) is 8.98. The smallest absolute Gasteiger partial charge is 0.269 e. The van der Waals surface area contributed by atoms with E-state index in [0.717, 1.165) is 36.1 Å². The number of ether oxygens (including phenoxy) is 1. The second kappa shape index (κ2) is 8.94. The lowest BCUT2D eigenvalue weighted by Gasteiger charge is -2.13. The fourth-order valence-corrected chi connectivity index (χ4v) is 4.44. The van der Waals surface area contributed by atoms with Crippen molar-refractivity contribution in [1.29, 1.82) is 0 Å². The molecular formula is C19H21N3O5S. The number of carbonyl (C=O) groups is 2. The first kappa shape index (κ1) is 20.0. The lowest BCUT2D eigenvalue weighted by Crippen LogP contribution is -2.28. The number of fused-ring (bicyclic) bond motifs is 1. The summed E-state index contributed by atoms with van der Waals surface area (Å²) in [5.41, 5.74) is 1.74. The second-order valence-electron chi connectivity index (χ2n) is 6.42. The molecule has 0 bridgehead atoms. The van der Waals surface area contributed by atoms with Gasteiger partial charge in [-0.05, 0) is 43.4 Å². The molecule has 28 heavy (non-hydrogen) atoms. The van der Waals surface area contributed by atoms with Crippen molar-refractivity contribution in [3.8, 4) is 0 Å². The summed E-state index contributed by atoms with van der Waals surface area (Å²) in [5, 5.41) is 16.9. The quantitative estimate of drug-likeness (QED) is 0.419. The summed E-state index contributed by atoms with van der Waals surface area (Å²) in [4.78, 5) is 36.7. The van der Waals surface area contributed by atoms with Gasteiger partial charge < -0.3 is 15.4 Å². The first-order valence-corrected chi connectivity index (χ1v) is 9.80. The number of thiophene rings is 1. The summed E-state index contributed by atoms with van der Waals surface area (Å²) in [5.74, 6) is -0.630. The first-order chi connectivity index (χ1) is 13.5. The number of non-ortho nitro benzene ring substituents is 1. The van der Waals surface area contributed by atoms with E-state index in [0.29, 0.717) is 29.3 Å². The Morgan fingerprint density at radius 3 is 2.57 bits per heavy atom. The standard InChI is InChI=1S/C19H21N3O5S/c1-27-11-10-20-18(24)16-14-4-2-3-5-15(14)28-19(16)21-17(23)12-6-8-13(9-7-12)22(25)26/h6-9H,2-5,10-11H2,1H3,(H,20,24)(H,21,23). The van der Waals surface area contributed by atoms with Crippen molar-refractivity contribution in [1.82, 2.24) is 5.32 Å². The molecule has 1 aliphatic carbocycles. The largest absolute Gasteiger partial charge is 0.383 e. The van der Waals surface area contributed by atoms with Gasteiger partial charge in [-0.25, -0.2) is 0 Å². The normalized spacial score (nSPS) is 12.9. The molecule has 1 aliphatic rings. The lowest BCUT2D eigenvalue weighted by atomic mass is 9.95. The van der Waals surface area contributed by atoms with Crippen LogP contribution < -0.4 is 10.6 Å². The molecule has 0 saturated carbocycles. The van der Waals surface area contributed by atoms with Gasteiger partial charge in [0.2, 0.25) is 0 Å². The molecular weight excluding hydrogens is 382 g/mol. The van der Waals surface area contributed by atoms with Crippen LogP contribution in [0.5, 0.6) is 0 Å². The highest BCUT2D eigenvalue weighted by molar-refractivity contribution is 7.17. The number of benzene rings is 1. The molecule has 2 N–H and O–H groups in total. The SMILES string of the molecule is COCCNC(=O)c1c(NC(=O)c2ccc([N+](=O)[O-])cc2)sc2c1CCCC2. The fraction of sp³-hybridized carbons (Fsp3) is 0.368. The summed E-state index contributed by atoms with van der Waals surface area (Å²) < 4.78 is 4.97. The number of anilines is 1. The maximum Gasteiger partial charge on any atom is 0.269 e. The molecule has 1 aromatic heterocycles. The third-order valence-corrected chi connectivity index (χ3v) is 5.76. The zero-order valence-electron chi connectivity index (χ0n) is 15.4. The van der Waals surface area contributed by atoms with Crippen molar-refractivity contribution >= 4 is 33.8 Å². The van der Waals surface area contributed by atoms with Crippen LogP contribution in [0.25, 0.3) is 0 Å². The van der Waals surface area contributed by atoms with Crippen LogP contribution in [0.3, 0.4) is 0 Å². The second-order valence-corrected chi connectivity index (χ2v) is 7.53. The number of nitrogens with one attached hydrogen (secondary N) is 2. The monoisotopic (exact) mass is 403 g/mol. The number of amides is 2. The van der Waals surface area contributed by atoms with Crippen molar-refractivity contribution in [2.24, 2.45) is 0 Å². The van der Waals surface area contributed by atoms with Crippen molar-refractivity contribution in [2.45, 2.75) is 25.7 Å². The van der Waals surface area contributed by atoms with E-state index < -0.39 is 10.8 Å². The summed E-state index contributed by atoms with van der Waals surface area (Å²) in [7, 11) is 1.56. The number of hydrogen-bond donors (Lipinski definition) is 2. The third-order valence-electron chi connectivity index (χ3n) is 4.56. The van der Waals surface area contributed by atoms with E-state index in [1.165, 1.54) is 35.6 Å².